The zero-order valence-corrected chi connectivity index (χ0v) is 16.3. The van der Waals surface area contributed by atoms with Gasteiger partial charge in [0.05, 0.1) is 6.61 Å². The Labute approximate surface area is 173 Å². The summed E-state index contributed by atoms with van der Waals surface area (Å²) in [6.45, 7) is 1.33. The van der Waals surface area contributed by atoms with Crippen molar-refractivity contribution in [3.8, 4) is 11.5 Å². The standard InChI is InChI=1S/C22H24O8/c1-12-5-7-13(8-6-12)9-10-15(25)18-14(24)3-2-4-16(18)29-22-21(28)20(27)19(26)17(11-23)30-22/h2-10,17,19-24,26-28H,11H2,1H3/t17-,19-,20+,21-,22-/m1/s1. The lowest BCUT2D eigenvalue weighted by atomic mass is 9.99. The number of ketones is 1. The number of allylic oxidation sites excluding steroid dienone is 1. The number of aryl methyl sites for hydroxylation is 1. The molecular formula is C22H24O8. The molecule has 1 saturated heterocycles. The molecule has 0 aliphatic carbocycles. The molecule has 0 spiro atoms. The van der Waals surface area contributed by atoms with Crippen LogP contribution in [0.2, 0.25) is 0 Å². The fourth-order valence-electron chi connectivity index (χ4n) is 3.09. The van der Waals surface area contributed by atoms with E-state index in [0.29, 0.717) is 0 Å². The summed E-state index contributed by atoms with van der Waals surface area (Å²) in [5.41, 5.74) is 1.72. The Bertz CT molecular complexity index is 906. The number of aromatic hydroxyl groups is 1. The van der Waals surface area contributed by atoms with Crippen LogP contribution in [0.1, 0.15) is 21.5 Å². The second-order valence-electron chi connectivity index (χ2n) is 7.07. The summed E-state index contributed by atoms with van der Waals surface area (Å²) in [4.78, 5) is 12.7. The molecule has 0 bridgehead atoms. The molecule has 8 heteroatoms. The molecule has 5 N–H and O–H groups in total. The molecule has 1 aliphatic rings. The molecule has 0 aromatic heterocycles. The first kappa shape index (κ1) is 21.9. The SMILES string of the molecule is Cc1ccc(C=CC(=O)c2c(O)cccc2O[C@@H]2O[C@H](CO)[C@@H](O)[C@H](O)[C@H]2O)cc1. The number of ether oxygens (including phenoxy) is 2. The molecule has 2 aromatic rings. The molecule has 0 unspecified atom stereocenters. The van der Waals surface area contributed by atoms with Crippen LogP contribution in [0.15, 0.2) is 48.5 Å². The largest absolute Gasteiger partial charge is 0.507 e. The summed E-state index contributed by atoms with van der Waals surface area (Å²) >= 11 is 0. The number of rotatable bonds is 6. The third kappa shape index (κ3) is 4.69. The van der Waals surface area contributed by atoms with Crippen molar-refractivity contribution in [3.05, 3.63) is 65.2 Å². The van der Waals surface area contributed by atoms with Crippen LogP contribution in [-0.4, -0.2) is 68.6 Å². The average molecular weight is 416 g/mol. The molecule has 0 radical (unpaired) electrons. The molecular weight excluding hydrogens is 392 g/mol. The maximum absolute atomic E-state index is 12.7. The van der Waals surface area contributed by atoms with E-state index >= 15 is 0 Å². The van der Waals surface area contributed by atoms with Gasteiger partial charge in [-0.05, 0) is 30.7 Å². The van der Waals surface area contributed by atoms with E-state index in [1.54, 1.807) is 6.08 Å². The van der Waals surface area contributed by atoms with Gasteiger partial charge in [-0.3, -0.25) is 4.79 Å². The number of phenols is 1. The van der Waals surface area contributed by atoms with E-state index in [4.69, 9.17) is 9.47 Å². The fraction of sp³-hybridized carbons (Fsp3) is 0.318. The molecule has 5 atom stereocenters. The maximum atomic E-state index is 12.7. The van der Waals surface area contributed by atoms with Crippen LogP contribution in [0.25, 0.3) is 6.08 Å². The predicted molar refractivity (Wildman–Crippen MR) is 107 cm³/mol. The molecule has 8 nitrogen and oxygen atoms in total. The number of hydrogen-bond donors (Lipinski definition) is 5. The predicted octanol–water partition coefficient (Wildman–Crippen LogP) is 0.775. The zero-order valence-electron chi connectivity index (χ0n) is 16.3. The van der Waals surface area contributed by atoms with Gasteiger partial charge in [0.2, 0.25) is 6.29 Å². The smallest absolute Gasteiger partial charge is 0.229 e. The van der Waals surface area contributed by atoms with E-state index < -0.39 is 43.1 Å². The van der Waals surface area contributed by atoms with Crippen LogP contribution >= 0.6 is 0 Å². The van der Waals surface area contributed by atoms with Gasteiger partial charge in [0, 0.05) is 0 Å². The summed E-state index contributed by atoms with van der Waals surface area (Å²) in [6.07, 6.45) is -4.57. The van der Waals surface area contributed by atoms with Gasteiger partial charge < -0.3 is 35.0 Å². The van der Waals surface area contributed by atoms with Crippen LogP contribution in [0.3, 0.4) is 0 Å². The molecule has 2 aromatic carbocycles. The molecule has 30 heavy (non-hydrogen) atoms. The Morgan fingerprint density at radius 2 is 1.77 bits per heavy atom. The van der Waals surface area contributed by atoms with Crippen molar-refractivity contribution >= 4 is 11.9 Å². The van der Waals surface area contributed by atoms with E-state index in [0.717, 1.165) is 11.1 Å². The van der Waals surface area contributed by atoms with Crippen LogP contribution in [-0.2, 0) is 4.74 Å². The molecule has 0 amide bonds. The van der Waals surface area contributed by atoms with E-state index in [1.165, 1.54) is 24.3 Å². The van der Waals surface area contributed by atoms with Gasteiger partial charge in [0.1, 0.15) is 41.5 Å². The van der Waals surface area contributed by atoms with Gasteiger partial charge in [0.25, 0.3) is 0 Å². The minimum absolute atomic E-state index is 0.0853. The highest BCUT2D eigenvalue weighted by Gasteiger charge is 2.45. The zero-order chi connectivity index (χ0) is 21.8. The second kappa shape index (κ2) is 9.38. The van der Waals surface area contributed by atoms with E-state index in [2.05, 4.69) is 0 Å². The average Bonchev–Trinajstić information content (AvgIpc) is 2.73. The molecule has 1 fully saturated rings. The highest BCUT2D eigenvalue weighted by Crippen LogP contribution is 2.32. The molecule has 160 valence electrons. The van der Waals surface area contributed by atoms with E-state index in [1.807, 2.05) is 31.2 Å². The summed E-state index contributed by atoms with van der Waals surface area (Å²) in [5.74, 6) is -0.971. The number of carbonyl (C=O) groups is 1. The molecule has 0 saturated carbocycles. The summed E-state index contributed by atoms with van der Waals surface area (Å²) in [7, 11) is 0. The summed E-state index contributed by atoms with van der Waals surface area (Å²) in [6, 6.07) is 11.6. The van der Waals surface area contributed by atoms with Gasteiger partial charge in [0.15, 0.2) is 5.78 Å². The highest BCUT2D eigenvalue weighted by atomic mass is 16.7. The van der Waals surface area contributed by atoms with Crippen molar-refractivity contribution in [2.45, 2.75) is 37.6 Å². The highest BCUT2D eigenvalue weighted by molar-refractivity contribution is 6.10. The third-order valence-corrected chi connectivity index (χ3v) is 4.85. The first-order chi connectivity index (χ1) is 14.3. The Morgan fingerprint density at radius 3 is 2.43 bits per heavy atom. The number of phenolic OH excluding ortho intramolecular Hbond substituents is 1. The van der Waals surface area contributed by atoms with Crippen LogP contribution < -0.4 is 4.74 Å². The molecule has 3 rings (SSSR count). The summed E-state index contributed by atoms with van der Waals surface area (Å²) < 4.78 is 10.9. The van der Waals surface area contributed by atoms with E-state index in [9.17, 15) is 30.3 Å². The lowest BCUT2D eigenvalue weighted by Crippen LogP contribution is -2.60. The number of carbonyl (C=O) groups excluding carboxylic acids is 1. The monoisotopic (exact) mass is 416 g/mol. The van der Waals surface area contributed by atoms with Crippen molar-refractivity contribution < 1.29 is 39.8 Å². The maximum Gasteiger partial charge on any atom is 0.229 e. The Balaban J connectivity index is 1.84. The van der Waals surface area contributed by atoms with Crippen molar-refractivity contribution in [1.29, 1.82) is 0 Å². The van der Waals surface area contributed by atoms with Crippen LogP contribution in [0.4, 0.5) is 0 Å². The number of aliphatic hydroxyl groups excluding tert-OH is 4. The van der Waals surface area contributed by atoms with Gasteiger partial charge in [-0.15, -0.1) is 0 Å². The number of benzene rings is 2. The molecule has 1 aliphatic heterocycles. The van der Waals surface area contributed by atoms with Crippen LogP contribution in [0, 0.1) is 6.92 Å². The first-order valence-electron chi connectivity index (χ1n) is 9.40. The normalized spacial score (nSPS) is 26.6. The topological polar surface area (TPSA) is 137 Å². The Hall–Kier alpha value is -2.75. The number of hydrogen-bond acceptors (Lipinski definition) is 8. The molecule has 1 heterocycles. The van der Waals surface area contributed by atoms with Crippen molar-refractivity contribution in [2.75, 3.05) is 6.61 Å². The first-order valence-corrected chi connectivity index (χ1v) is 9.40. The van der Waals surface area contributed by atoms with Gasteiger partial charge >= 0.3 is 0 Å². The Morgan fingerprint density at radius 1 is 1.07 bits per heavy atom. The van der Waals surface area contributed by atoms with Crippen molar-refractivity contribution in [2.24, 2.45) is 0 Å². The summed E-state index contributed by atoms with van der Waals surface area (Å²) in [5, 5.41) is 49.4. The number of aliphatic hydroxyl groups is 4. The quantitative estimate of drug-likeness (QED) is 0.344. The van der Waals surface area contributed by atoms with Crippen molar-refractivity contribution in [1.82, 2.24) is 0 Å². The van der Waals surface area contributed by atoms with Crippen LogP contribution in [0.5, 0.6) is 11.5 Å². The lowest BCUT2D eigenvalue weighted by Gasteiger charge is -2.39. The van der Waals surface area contributed by atoms with Gasteiger partial charge in [-0.25, -0.2) is 0 Å². The minimum Gasteiger partial charge on any atom is -0.507 e. The second-order valence-corrected chi connectivity index (χ2v) is 7.07. The lowest BCUT2D eigenvalue weighted by molar-refractivity contribution is -0.277. The fourth-order valence-corrected chi connectivity index (χ4v) is 3.09. The Kier molecular flexibility index (Phi) is 6.86. The minimum atomic E-state index is -1.64. The van der Waals surface area contributed by atoms with Gasteiger partial charge in [-0.2, -0.15) is 0 Å². The third-order valence-electron chi connectivity index (χ3n) is 4.85. The van der Waals surface area contributed by atoms with Crippen molar-refractivity contribution in [3.63, 3.8) is 0 Å². The van der Waals surface area contributed by atoms with E-state index in [-0.39, 0.29) is 17.1 Å². The van der Waals surface area contributed by atoms with Gasteiger partial charge in [-0.1, -0.05) is 42.0 Å².